The lowest BCUT2D eigenvalue weighted by molar-refractivity contribution is 0.138. The van der Waals surface area contributed by atoms with Crippen LogP contribution in [0.5, 0.6) is 0 Å². The lowest BCUT2D eigenvalue weighted by atomic mass is 10.3. The Balaban J connectivity index is 2.06. The minimum absolute atomic E-state index is 0.186. The minimum Gasteiger partial charge on any atom is -0.392 e. The summed E-state index contributed by atoms with van der Waals surface area (Å²) in [5.74, 6) is 1.82. The summed E-state index contributed by atoms with van der Waals surface area (Å²) in [5.41, 5.74) is 0. The van der Waals surface area contributed by atoms with E-state index in [0.717, 1.165) is 24.9 Å². The minimum atomic E-state index is -0.186. The molecular weight excluding hydrogens is 138 g/mol. The largest absolute Gasteiger partial charge is 0.392 e. The van der Waals surface area contributed by atoms with Gasteiger partial charge in [-0.25, -0.2) is 0 Å². The van der Waals surface area contributed by atoms with E-state index in [0.29, 0.717) is 0 Å². The van der Waals surface area contributed by atoms with Crippen molar-refractivity contribution in [2.75, 3.05) is 20.1 Å². The topological polar surface area (TPSA) is 23.5 Å². The third-order valence-electron chi connectivity index (χ3n) is 2.40. The molecule has 2 heteroatoms. The van der Waals surface area contributed by atoms with Gasteiger partial charge in [-0.1, -0.05) is 6.92 Å². The number of aliphatic hydroxyl groups excluding tert-OH is 1. The fraction of sp³-hybridized carbons (Fsp3) is 1.00. The molecule has 2 unspecified atom stereocenters. The van der Waals surface area contributed by atoms with Gasteiger partial charge in [-0.2, -0.15) is 0 Å². The summed E-state index contributed by atoms with van der Waals surface area (Å²) in [4.78, 5) is 2.22. The van der Waals surface area contributed by atoms with Crippen LogP contribution in [-0.2, 0) is 0 Å². The molecule has 0 aliphatic heterocycles. The first-order chi connectivity index (χ1) is 5.09. The van der Waals surface area contributed by atoms with Gasteiger partial charge >= 0.3 is 0 Å². The summed E-state index contributed by atoms with van der Waals surface area (Å²) < 4.78 is 0. The van der Waals surface area contributed by atoms with E-state index in [-0.39, 0.29) is 6.10 Å². The first-order valence-electron chi connectivity index (χ1n) is 4.46. The van der Waals surface area contributed by atoms with Gasteiger partial charge in [0.05, 0.1) is 6.10 Å². The maximum Gasteiger partial charge on any atom is 0.0638 e. The second-order valence-corrected chi connectivity index (χ2v) is 4.04. The summed E-state index contributed by atoms with van der Waals surface area (Å²) >= 11 is 0. The van der Waals surface area contributed by atoms with E-state index >= 15 is 0 Å². The van der Waals surface area contributed by atoms with E-state index in [1.807, 2.05) is 6.92 Å². The molecule has 1 aliphatic carbocycles. The quantitative estimate of drug-likeness (QED) is 0.657. The summed E-state index contributed by atoms with van der Waals surface area (Å²) in [6.07, 6.45) is 1.19. The highest BCUT2D eigenvalue weighted by Crippen LogP contribution is 2.37. The highest BCUT2D eigenvalue weighted by atomic mass is 16.3. The van der Waals surface area contributed by atoms with E-state index in [2.05, 4.69) is 18.9 Å². The highest BCUT2D eigenvalue weighted by Gasteiger charge is 2.32. The van der Waals surface area contributed by atoms with Crippen molar-refractivity contribution in [3.63, 3.8) is 0 Å². The van der Waals surface area contributed by atoms with E-state index in [4.69, 9.17) is 5.11 Å². The van der Waals surface area contributed by atoms with Crippen molar-refractivity contribution < 1.29 is 5.11 Å². The predicted molar refractivity (Wildman–Crippen MR) is 46.4 cm³/mol. The van der Waals surface area contributed by atoms with Crippen LogP contribution in [0.15, 0.2) is 0 Å². The van der Waals surface area contributed by atoms with Gasteiger partial charge in [0.2, 0.25) is 0 Å². The Morgan fingerprint density at radius 3 is 2.55 bits per heavy atom. The number of hydrogen-bond donors (Lipinski definition) is 1. The molecule has 1 aliphatic rings. The molecule has 0 amide bonds. The van der Waals surface area contributed by atoms with Gasteiger partial charge in [-0.15, -0.1) is 0 Å². The first kappa shape index (κ1) is 9.01. The first-order valence-corrected chi connectivity index (χ1v) is 4.46. The zero-order valence-electron chi connectivity index (χ0n) is 7.75. The van der Waals surface area contributed by atoms with Crippen LogP contribution in [0.25, 0.3) is 0 Å². The van der Waals surface area contributed by atoms with Crippen LogP contribution in [0.1, 0.15) is 20.3 Å². The van der Waals surface area contributed by atoms with Crippen LogP contribution in [0.3, 0.4) is 0 Å². The number of nitrogens with zero attached hydrogens (tertiary/aromatic N) is 1. The van der Waals surface area contributed by atoms with Crippen molar-refractivity contribution in [2.45, 2.75) is 26.4 Å². The van der Waals surface area contributed by atoms with Gasteiger partial charge in [-0.05, 0) is 32.2 Å². The SMILES string of the molecule is CC1CC1CN(C)C[C@@H](C)O. The van der Waals surface area contributed by atoms with Crippen molar-refractivity contribution >= 4 is 0 Å². The zero-order chi connectivity index (χ0) is 8.43. The molecule has 0 bridgehead atoms. The van der Waals surface area contributed by atoms with E-state index in [9.17, 15) is 0 Å². The number of rotatable bonds is 4. The molecule has 0 radical (unpaired) electrons. The van der Waals surface area contributed by atoms with Gasteiger partial charge in [-0.3, -0.25) is 0 Å². The standard InChI is InChI=1S/C9H19NO/c1-7-4-9(7)6-10(3)5-8(2)11/h7-9,11H,4-6H2,1-3H3/t7?,8-,9?/m1/s1. The van der Waals surface area contributed by atoms with Gasteiger partial charge in [0.1, 0.15) is 0 Å². The summed E-state index contributed by atoms with van der Waals surface area (Å²) in [7, 11) is 2.08. The molecule has 1 fully saturated rings. The highest BCUT2D eigenvalue weighted by molar-refractivity contribution is 4.84. The molecule has 0 aromatic carbocycles. The molecule has 66 valence electrons. The molecule has 3 atom stereocenters. The van der Waals surface area contributed by atoms with Gasteiger partial charge in [0.15, 0.2) is 0 Å². The van der Waals surface area contributed by atoms with Crippen molar-refractivity contribution in [2.24, 2.45) is 11.8 Å². The molecule has 1 rings (SSSR count). The van der Waals surface area contributed by atoms with Crippen molar-refractivity contribution in [3.05, 3.63) is 0 Å². The Morgan fingerprint density at radius 2 is 2.18 bits per heavy atom. The molecule has 0 aromatic rings. The molecule has 0 aromatic heterocycles. The van der Waals surface area contributed by atoms with Gasteiger partial charge < -0.3 is 10.0 Å². The average Bonchev–Trinajstić information content (AvgIpc) is 2.43. The van der Waals surface area contributed by atoms with Crippen LogP contribution in [-0.4, -0.2) is 36.2 Å². The van der Waals surface area contributed by atoms with E-state index in [1.165, 1.54) is 6.42 Å². The Labute approximate surface area is 69.2 Å². The van der Waals surface area contributed by atoms with Crippen LogP contribution in [0, 0.1) is 11.8 Å². The van der Waals surface area contributed by atoms with Crippen LogP contribution in [0.2, 0.25) is 0 Å². The maximum absolute atomic E-state index is 9.08. The van der Waals surface area contributed by atoms with E-state index in [1.54, 1.807) is 0 Å². The number of aliphatic hydroxyl groups is 1. The molecule has 11 heavy (non-hydrogen) atoms. The fourth-order valence-electron chi connectivity index (χ4n) is 1.58. The second-order valence-electron chi connectivity index (χ2n) is 4.04. The molecule has 0 heterocycles. The zero-order valence-corrected chi connectivity index (χ0v) is 7.75. The van der Waals surface area contributed by atoms with Crippen molar-refractivity contribution in [1.82, 2.24) is 4.90 Å². The Hall–Kier alpha value is -0.0800. The van der Waals surface area contributed by atoms with Gasteiger partial charge in [0.25, 0.3) is 0 Å². The van der Waals surface area contributed by atoms with Crippen LogP contribution in [0.4, 0.5) is 0 Å². The third-order valence-corrected chi connectivity index (χ3v) is 2.40. The number of hydrogen-bond acceptors (Lipinski definition) is 2. The molecule has 0 spiro atoms. The predicted octanol–water partition coefficient (Wildman–Crippen LogP) is 0.955. The Bertz CT molecular complexity index is 125. The average molecular weight is 157 g/mol. The smallest absolute Gasteiger partial charge is 0.0638 e. The molecule has 2 nitrogen and oxygen atoms in total. The lowest BCUT2D eigenvalue weighted by Gasteiger charge is -2.17. The Kier molecular flexibility index (Phi) is 2.90. The van der Waals surface area contributed by atoms with Crippen molar-refractivity contribution in [3.8, 4) is 0 Å². The Morgan fingerprint density at radius 1 is 1.64 bits per heavy atom. The molecule has 0 saturated heterocycles. The van der Waals surface area contributed by atoms with Crippen LogP contribution >= 0.6 is 0 Å². The fourth-order valence-corrected chi connectivity index (χ4v) is 1.58. The summed E-state index contributed by atoms with van der Waals surface area (Å²) in [6.45, 7) is 6.10. The summed E-state index contributed by atoms with van der Waals surface area (Å²) in [6, 6.07) is 0. The third kappa shape index (κ3) is 3.21. The number of likely N-dealkylation sites (N-methyl/N-ethyl adjacent to an activating group) is 1. The summed E-state index contributed by atoms with van der Waals surface area (Å²) in [5, 5.41) is 9.08. The van der Waals surface area contributed by atoms with E-state index < -0.39 is 0 Å². The lowest BCUT2D eigenvalue weighted by Crippen LogP contribution is -2.29. The monoisotopic (exact) mass is 157 g/mol. The molecular formula is C9H19NO. The second kappa shape index (κ2) is 3.55. The molecule has 1 saturated carbocycles. The normalized spacial score (nSPS) is 32.5. The van der Waals surface area contributed by atoms with Crippen molar-refractivity contribution in [1.29, 1.82) is 0 Å². The van der Waals surface area contributed by atoms with Crippen LogP contribution < -0.4 is 0 Å². The van der Waals surface area contributed by atoms with Gasteiger partial charge in [0, 0.05) is 13.1 Å². The molecule has 1 N–H and O–H groups in total. The maximum atomic E-state index is 9.08.